The fourth-order valence-corrected chi connectivity index (χ4v) is 4.87. The maximum Gasteiger partial charge on any atom is 0.429 e. The Morgan fingerprint density at radius 1 is 0.821 bits per heavy atom. The fourth-order valence-electron chi connectivity index (χ4n) is 4.87. The van der Waals surface area contributed by atoms with Crippen molar-refractivity contribution in [1.29, 1.82) is 0 Å². The Morgan fingerprint density at radius 2 is 1.44 bits per heavy atom. The summed E-state index contributed by atoms with van der Waals surface area (Å²) in [6.07, 6.45) is -7.08. The first-order valence-corrected chi connectivity index (χ1v) is 12.9. The third-order valence-corrected chi connectivity index (χ3v) is 6.79. The van der Waals surface area contributed by atoms with Gasteiger partial charge in [-0.2, -0.15) is 22.0 Å². The topological polar surface area (TPSA) is 27.7 Å². The van der Waals surface area contributed by atoms with Crippen LogP contribution in [0.5, 0.6) is 11.5 Å². The SMILES string of the molecule is CCCC1CCC(c2ccc(C(F)(F)Oc3ccc(-c4ccc(OCC)cc4)cc3)c(F)c2C(F)(F)F)CO1. The molecule has 0 amide bonds. The minimum atomic E-state index is -5.18. The van der Waals surface area contributed by atoms with Gasteiger partial charge in [0.2, 0.25) is 0 Å². The van der Waals surface area contributed by atoms with Crippen molar-refractivity contribution in [2.24, 2.45) is 0 Å². The Hall–Kier alpha value is -3.20. The number of ether oxygens (including phenoxy) is 3. The number of halogens is 6. The van der Waals surface area contributed by atoms with Crippen LogP contribution < -0.4 is 9.47 Å². The first-order valence-electron chi connectivity index (χ1n) is 12.9. The molecule has 9 heteroatoms. The molecule has 210 valence electrons. The van der Waals surface area contributed by atoms with E-state index < -0.39 is 35.1 Å². The van der Waals surface area contributed by atoms with E-state index in [1.807, 2.05) is 13.8 Å². The van der Waals surface area contributed by atoms with Gasteiger partial charge >= 0.3 is 12.3 Å². The average Bonchev–Trinajstić information content (AvgIpc) is 2.89. The second-order valence-corrected chi connectivity index (χ2v) is 9.51. The van der Waals surface area contributed by atoms with Crippen LogP contribution in [0.3, 0.4) is 0 Å². The maximum atomic E-state index is 15.2. The molecule has 0 saturated carbocycles. The highest BCUT2D eigenvalue weighted by Gasteiger charge is 2.46. The van der Waals surface area contributed by atoms with Gasteiger partial charge in [-0.1, -0.05) is 43.7 Å². The number of benzene rings is 3. The Kier molecular flexibility index (Phi) is 8.79. The van der Waals surface area contributed by atoms with Crippen molar-refractivity contribution in [2.45, 2.75) is 63.8 Å². The zero-order valence-corrected chi connectivity index (χ0v) is 21.7. The number of rotatable bonds is 9. The van der Waals surface area contributed by atoms with E-state index in [-0.39, 0.29) is 24.0 Å². The van der Waals surface area contributed by atoms with Gasteiger partial charge in [0, 0.05) is 5.92 Å². The number of alkyl halides is 5. The van der Waals surface area contributed by atoms with Gasteiger partial charge in [0.05, 0.1) is 24.9 Å². The summed E-state index contributed by atoms with van der Waals surface area (Å²) in [5.41, 5.74) is -2.07. The highest BCUT2D eigenvalue weighted by atomic mass is 19.4. The lowest BCUT2D eigenvalue weighted by Gasteiger charge is -2.31. The molecule has 0 N–H and O–H groups in total. The van der Waals surface area contributed by atoms with Crippen LogP contribution in [-0.2, 0) is 17.0 Å². The van der Waals surface area contributed by atoms with E-state index in [1.165, 1.54) is 24.3 Å². The molecule has 3 aromatic rings. The van der Waals surface area contributed by atoms with Crippen LogP contribution in [0.2, 0.25) is 0 Å². The van der Waals surface area contributed by atoms with Crippen LogP contribution in [0.15, 0.2) is 60.7 Å². The Labute approximate surface area is 223 Å². The van der Waals surface area contributed by atoms with Crippen molar-refractivity contribution < 1.29 is 40.6 Å². The second-order valence-electron chi connectivity index (χ2n) is 9.51. The monoisotopic (exact) mass is 552 g/mol. The summed E-state index contributed by atoms with van der Waals surface area (Å²) in [6, 6.07) is 14.3. The number of hydrogen-bond acceptors (Lipinski definition) is 3. The van der Waals surface area contributed by atoms with Crippen LogP contribution >= 0.6 is 0 Å². The summed E-state index contributed by atoms with van der Waals surface area (Å²) in [4.78, 5) is 0. The van der Waals surface area contributed by atoms with Gasteiger partial charge in [-0.25, -0.2) is 4.39 Å². The van der Waals surface area contributed by atoms with Gasteiger partial charge in [-0.15, -0.1) is 0 Å². The van der Waals surface area contributed by atoms with E-state index >= 15 is 13.2 Å². The Balaban J connectivity index is 1.56. The van der Waals surface area contributed by atoms with Crippen molar-refractivity contribution in [1.82, 2.24) is 0 Å². The fraction of sp³-hybridized carbons (Fsp3) is 0.400. The smallest absolute Gasteiger partial charge is 0.429 e. The molecule has 3 nitrogen and oxygen atoms in total. The predicted octanol–water partition coefficient (Wildman–Crippen LogP) is 9.10. The normalized spacial score (nSPS) is 18.2. The molecule has 0 radical (unpaired) electrons. The van der Waals surface area contributed by atoms with E-state index in [0.29, 0.717) is 36.8 Å². The van der Waals surface area contributed by atoms with Gasteiger partial charge in [0.1, 0.15) is 22.9 Å². The van der Waals surface area contributed by atoms with E-state index in [2.05, 4.69) is 0 Å². The molecule has 4 rings (SSSR count). The number of hydrogen-bond donors (Lipinski definition) is 0. The van der Waals surface area contributed by atoms with Gasteiger partial charge in [0.25, 0.3) is 0 Å². The van der Waals surface area contributed by atoms with Gasteiger partial charge < -0.3 is 14.2 Å². The van der Waals surface area contributed by atoms with E-state index in [1.54, 1.807) is 24.3 Å². The molecule has 0 spiro atoms. The molecule has 2 unspecified atom stereocenters. The lowest BCUT2D eigenvalue weighted by molar-refractivity contribution is -0.188. The van der Waals surface area contributed by atoms with Crippen LogP contribution in [0.1, 0.15) is 62.1 Å². The predicted molar refractivity (Wildman–Crippen MR) is 136 cm³/mol. The van der Waals surface area contributed by atoms with Crippen LogP contribution in [-0.4, -0.2) is 19.3 Å². The summed E-state index contributed by atoms with van der Waals surface area (Å²) in [6.45, 7) is 4.33. The van der Waals surface area contributed by atoms with E-state index in [9.17, 15) is 13.2 Å². The molecule has 1 saturated heterocycles. The van der Waals surface area contributed by atoms with Gasteiger partial charge in [0.15, 0.2) is 0 Å². The van der Waals surface area contributed by atoms with Crippen LogP contribution in [0.4, 0.5) is 26.3 Å². The molecule has 1 aliphatic heterocycles. The summed E-state index contributed by atoms with van der Waals surface area (Å²) in [7, 11) is 0. The van der Waals surface area contributed by atoms with Crippen LogP contribution in [0, 0.1) is 5.82 Å². The quantitative estimate of drug-likeness (QED) is 0.248. The summed E-state index contributed by atoms with van der Waals surface area (Å²) in [5, 5.41) is 0. The summed E-state index contributed by atoms with van der Waals surface area (Å²) >= 11 is 0. The zero-order valence-electron chi connectivity index (χ0n) is 21.7. The van der Waals surface area contributed by atoms with Crippen molar-refractivity contribution >= 4 is 0 Å². The first kappa shape index (κ1) is 28.8. The lowest BCUT2D eigenvalue weighted by Crippen LogP contribution is -2.29. The molecule has 1 aliphatic rings. The van der Waals surface area contributed by atoms with Crippen molar-refractivity contribution in [3.63, 3.8) is 0 Å². The van der Waals surface area contributed by atoms with Crippen molar-refractivity contribution in [3.8, 4) is 22.6 Å². The van der Waals surface area contributed by atoms with E-state index in [0.717, 1.165) is 24.5 Å². The molecule has 2 atom stereocenters. The highest BCUT2D eigenvalue weighted by Crippen LogP contribution is 2.44. The molecular formula is C30H30F6O3. The van der Waals surface area contributed by atoms with Crippen molar-refractivity contribution in [3.05, 3.63) is 83.2 Å². The maximum absolute atomic E-state index is 15.2. The average molecular weight is 553 g/mol. The van der Waals surface area contributed by atoms with Crippen LogP contribution in [0.25, 0.3) is 11.1 Å². The molecule has 0 aromatic heterocycles. The van der Waals surface area contributed by atoms with E-state index in [4.69, 9.17) is 14.2 Å². The van der Waals surface area contributed by atoms with Gasteiger partial charge in [-0.05, 0) is 73.2 Å². The zero-order chi connectivity index (χ0) is 28.2. The first-order chi connectivity index (χ1) is 18.5. The third-order valence-electron chi connectivity index (χ3n) is 6.79. The summed E-state index contributed by atoms with van der Waals surface area (Å²) in [5.74, 6) is -2.42. The van der Waals surface area contributed by atoms with Crippen molar-refractivity contribution in [2.75, 3.05) is 13.2 Å². The highest BCUT2D eigenvalue weighted by molar-refractivity contribution is 5.65. The second kappa shape index (κ2) is 11.9. The Bertz CT molecular complexity index is 1230. The largest absolute Gasteiger partial charge is 0.494 e. The lowest BCUT2D eigenvalue weighted by atomic mass is 9.86. The molecule has 39 heavy (non-hydrogen) atoms. The van der Waals surface area contributed by atoms with Gasteiger partial charge in [-0.3, -0.25) is 0 Å². The third kappa shape index (κ3) is 6.69. The standard InChI is InChI=1S/C30H30F6O3/c1-3-5-22-13-10-21(18-38-22)25-16-17-26(28(31)27(25)29(32,33)34)30(35,36)39-24-14-8-20(9-15-24)19-6-11-23(12-7-19)37-4-2/h6-9,11-12,14-17,21-22H,3-5,10,13,18H2,1-2H3. The minimum Gasteiger partial charge on any atom is -0.494 e. The molecule has 1 fully saturated rings. The Morgan fingerprint density at radius 3 is 1.95 bits per heavy atom. The molecule has 0 bridgehead atoms. The molecule has 0 aliphatic carbocycles. The minimum absolute atomic E-state index is 0.0276. The molecule has 1 heterocycles. The molecule has 3 aromatic carbocycles. The summed E-state index contributed by atoms with van der Waals surface area (Å²) < 4.78 is 103. The molecular weight excluding hydrogens is 522 g/mol.